The van der Waals surface area contributed by atoms with Crippen molar-refractivity contribution in [2.24, 2.45) is 17.3 Å². The van der Waals surface area contributed by atoms with Crippen LogP contribution in [-0.2, 0) is 19.4 Å². The molecule has 5 rings (SSSR count). The highest BCUT2D eigenvalue weighted by Gasteiger charge is 2.55. The van der Waals surface area contributed by atoms with Gasteiger partial charge in [-0.3, -0.25) is 9.59 Å². The first kappa shape index (κ1) is 27.5. The maximum Gasteiger partial charge on any atom is 0.304 e. The first-order chi connectivity index (χ1) is 18.0. The topological polar surface area (TPSA) is 91.8 Å². The number of carbonyl (C=O) groups is 2. The summed E-state index contributed by atoms with van der Waals surface area (Å²) in [6, 6.07) is 13.7. The number of aliphatic carboxylic acids is 1. The van der Waals surface area contributed by atoms with Gasteiger partial charge >= 0.3 is 5.97 Å². The van der Waals surface area contributed by atoms with Crippen molar-refractivity contribution in [3.05, 3.63) is 69.7 Å². The molecular formula is C29H33Cl2NO5S. The van der Waals surface area contributed by atoms with Crippen LogP contribution in [0.3, 0.4) is 0 Å². The molecule has 1 aliphatic heterocycles. The van der Waals surface area contributed by atoms with E-state index in [1.165, 1.54) is 0 Å². The van der Waals surface area contributed by atoms with Crippen LogP contribution in [0.1, 0.15) is 68.5 Å². The Bertz CT molecular complexity index is 1320. The highest BCUT2D eigenvalue weighted by molar-refractivity contribution is 7.91. The molecule has 1 amide bonds. The minimum atomic E-state index is -3.41. The third-order valence-electron chi connectivity index (χ3n) is 8.27. The van der Waals surface area contributed by atoms with Crippen molar-refractivity contribution in [2.45, 2.75) is 63.5 Å². The molecular weight excluding hydrogens is 545 g/mol. The number of benzene rings is 2. The van der Waals surface area contributed by atoms with Gasteiger partial charge in [0.1, 0.15) is 0 Å². The van der Waals surface area contributed by atoms with Gasteiger partial charge in [-0.25, -0.2) is 8.42 Å². The molecule has 3 fully saturated rings. The van der Waals surface area contributed by atoms with E-state index in [1.54, 1.807) is 30.0 Å². The largest absolute Gasteiger partial charge is 0.481 e. The molecule has 3 aliphatic rings. The number of piperidine rings is 1. The Morgan fingerprint density at radius 1 is 1.05 bits per heavy atom. The van der Waals surface area contributed by atoms with Crippen LogP contribution in [0, 0.1) is 17.3 Å². The summed E-state index contributed by atoms with van der Waals surface area (Å²) >= 11 is 12.6. The van der Waals surface area contributed by atoms with Gasteiger partial charge in [-0.05, 0) is 79.3 Å². The number of carboxylic acids is 1. The minimum absolute atomic E-state index is 0.0647. The third kappa shape index (κ3) is 6.05. The quantitative estimate of drug-likeness (QED) is 0.366. The summed E-state index contributed by atoms with van der Waals surface area (Å²) in [6.07, 6.45) is 3.51. The van der Waals surface area contributed by atoms with Crippen molar-refractivity contribution in [1.29, 1.82) is 0 Å². The van der Waals surface area contributed by atoms with E-state index in [4.69, 9.17) is 23.2 Å². The van der Waals surface area contributed by atoms with Gasteiger partial charge in [-0.2, -0.15) is 0 Å². The van der Waals surface area contributed by atoms with Crippen LogP contribution >= 0.6 is 23.2 Å². The highest BCUT2D eigenvalue weighted by Crippen LogP contribution is 2.54. The van der Waals surface area contributed by atoms with Crippen LogP contribution in [0.25, 0.3) is 0 Å². The lowest BCUT2D eigenvalue weighted by Gasteiger charge is -2.52. The van der Waals surface area contributed by atoms with E-state index in [1.807, 2.05) is 30.3 Å². The fourth-order valence-corrected chi connectivity index (χ4v) is 8.61. The van der Waals surface area contributed by atoms with Gasteiger partial charge in [-0.15, -0.1) is 0 Å². The molecule has 1 N–H and O–H groups in total. The summed E-state index contributed by atoms with van der Waals surface area (Å²) in [6.45, 7) is 1.70. The molecule has 38 heavy (non-hydrogen) atoms. The number of amides is 1. The number of sulfone groups is 1. The number of halogens is 2. The van der Waals surface area contributed by atoms with Crippen molar-refractivity contribution in [1.82, 2.24) is 4.90 Å². The Morgan fingerprint density at radius 3 is 2.32 bits per heavy atom. The molecule has 1 saturated heterocycles. The number of likely N-dealkylation sites (tertiary alicyclic amines) is 1. The number of nitrogens with zero attached hydrogens (tertiary/aromatic N) is 1. The fourth-order valence-electron chi connectivity index (χ4n) is 6.14. The first-order valence-electron chi connectivity index (χ1n) is 13.2. The lowest BCUT2D eigenvalue weighted by Crippen LogP contribution is -2.58. The van der Waals surface area contributed by atoms with Crippen molar-refractivity contribution >= 4 is 44.9 Å². The number of carbonyl (C=O) groups excluding carboxylic acids is 1. The Kier molecular flexibility index (Phi) is 7.57. The zero-order valence-corrected chi connectivity index (χ0v) is 23.7. The van der Waals surface area contributed by atoms with Gasteiger partial charge < -0.3 is 10.0 Å². The smallest absolute Gasteiger partial charge is 0.304 e. The third-order valence-corrected chi connectivity index (χ3v) is 10.6. The summed E-state index contributed by atoms with van der Waals surface area (Å²) in [5.74, 6) is -1.32. The molecule has 6 nitrogen and oxygen atoms in total. The molecule has 2 aliphatic carbocycles. The standard InChI is InChI=1S/C29H33Cl2NO5S/c1-29(15-26(33)34)14-24(21-3-2-4-23(31)13-21)27(20-9-11-22(30)12-10-20)32(28(29)35)25(19-7-8-19)17-38(36,37)16-18-5-6-18/h2-4,9-13,18-19,24-25,27H,5-8,14-17H2,1H3,(H,33,34)/t24-,25?,27-,29-/m1/s1. The Balaban J connectivity index is 1.65. The Labute approximate surface area is 234 Å². The maximum absolute atomic E-state index is 14.4. The summed E-state index contributed by atoms with van der Waals surface area (Å²) in [5, 5.41) is 10.9. The molecule has 4 atom stereocenters. The van der Waals surface area contributed by atoms with Gasteiger partial charge in [0, 0.05) is 22.0 Å². The molecule has 1 heterocycles. The lowest BCUT2D eigenvalue weighted by atomic mass is 9.67. The van der Waals surface area contributed by atoms with Crippen LogP contribution in [-0.4, -0.2) is 47.8 Å². The summed E-state index contributed by atoms with van der Waals surface area (Å²) in [7, 11) is -3.41. The molecule has 1 unspecified atom stereocenters. The van der Waals surface area contributed by atoms with Crippen molar-refractivity contribution in [3.8, 4) is 0 Å². The molecule has 0 aromatic heterocycles. The van der Waals surface area contributed by atoms with Crippen molar-refractivity contribution < 1.29 is 23.1 Å². The van der Waals surface area contributed by atoms with Crippen LogP contribution in [0.15, 0.2) is 48.5 Å². The molecule has 2 saturated carbocycles. The number of carboxylic acid groups (broad SMARTS) is 1. The van der Waals surface area contributed by atoms with Crippen LogP contribution in [0.2, 0.25) is 10.0 Å². The average Bonchev–Trinajstić information content (AvgIpc) is 3.75. The van der Waals surface area contributed by atoms with Crippen molar-refractivity contribution in [2.75, 3.05) is 11.5 Å². The second kappa shape index (κ2) is 10.5. The highest BCUT2D eigenvalue weighted by atomic mass is 35.5. The van der Waals surface area contributed by atoms with Gasteiger partial charge in [0.25, 0.3) is 0 Å². The van der Waals surface area contributed by atoms with E-state index in [2.05, 4.69) is 0 Å². The zero-order valence-electron chi connectivity index (χ0n) is 21.4. The van der Waals surface area contributed by atoms with E-state index >= 15 is 0 Å². The average molecular weight is 579 g/mol. The Morgan fingerprint density at radius 2 is 1.74 bits per heavy atom. The summed E-state index contributed by atoms with van der Waals surface area (Å²) in [5.41, 5.74) is 0.534. The molecule has 204 valence electrons. The van der Waals surface area contributed by atoms with Gasteiger partial charge in [0.2, 0.25) is 5.91 Å². The second-order valence-corrected chi connectivity index (χ2v) is 14.7. The van der Waals surface area contributed by atoms with Crippen molar-refractivity contribution in [3.63, 3.8) is 0 Å². The molecule has 0 bridgehead atoms. The van der Waals surface area contributed by atoms with Crippen LogP contribution < -0.4 is 0 Å². The number of hydrogen-bond donors (Lipinski definition) is 1. The second-order valence-electron chi connectivity index (χ2n) is 11.6. The lowest BCUT2D eigenvalue weighted by molar-refractivity contribution is -0.160. The zero-order chi connectivity index (χ0) is 27.2. The van der Waals surface area contributed by atoms with E-state index in [9.17, 15) is 23.1 Å². The fraction of sp³-hybridized carbons (Fsp3) is 0.517. The van der Waals surface area contributed by atoms with Gasteiger partial charge in [0.05, 0.1) is 29.4 Å². The monoisotopic (exact) mass is 577 g/mol. The van der Waals surface area contributed by atoms with E-state index < -0.39 is 33.3 Å². The van der Waals surface area contributed by atoms with E-state index in [0.717, 1.165) is 36.8 Å². The van der Waals surface area contributed by atoms with E-state index in [0.29, 0.717) is 16.5 Å². The SMILES string of the molecule is C[C@]1(CC(=O)O)C[C@H](c2cccc(Cl)c2)[C@@H](c2ccc(Cl)cc2)N(C(CS(=O)(=O)CC2CC2)C2CC2)C1=O. The molecule has 2 aromatic rings. The number of hydrogen-bond acceptors (Lipinski definition) is 4. The predicted molar refractivity (Wildman–Crippen MR) is 148 cm³/mol. The minimum Gasteiger partial charge on any atom is -0.481 e. The summed E-state index contributed by atoms with van der Waals surface area (Å²) in [4.78, 5) is 28.1. The van der Waals surface area contributed by atoms with Crippen LogP contribution in [0.4, 0.5) is 0 Å². The Hall–Kier alpha value is -2.09. The van der Waals surface area contributed by atoms with Gasteiger partial charge in [-0.1, -0.05) is 54.4 Å². The van der Waals surface area contributed by atoms with E-state index in [-0.39, 0.29) is 41.6 Å². The first-order valence-corrected chi connectivity index (χ1v) is 15.8. The maximum atomic E-state index is 14.4. The normalized spacial score (nSPS) is 26.8. The molecule has 0 radical (unpaired) electrons. The summed E-state index contributed by atoms with van der Waals surface area (Å²) < 4.78 is 26.7. The number of rotatable bonds is 10. The predicted octanol–water partition coefficient (Wildman–Crippen LogP) is 6.14. The molecule has 9 heteroatoms. The van der Waals surface area contributed by atoms with Crippen LogP contribution in [0.5, 0.6) is 0 Å². The molecule has 2 aromatic carbocycles. The molecule has 0 spiro atoms. The van der Waals surface area contributed by atoms with Gasteiger partial charge in [0.15, 0.2) is 9.84 Å².